The first kappa shape index (κ1) is 20.0. The van der Waals surface area contributed by atoms with E-state index >= 15 is 0 Å². The number of carbonyl (C=O) groups is 1. The maximum absolute atomic E-state index is 11.6. The molecule has 0 amide bonds. The number of carbonyl (C=O) groups excluding carboxylic acids is 1. The summed E-state index contributed by atoms with van der Waals surface area (Å²) in [6.07, 6.45) is -0.944. The summed E-state index contributed by atoms with van der Waals surface area (Å²) in [5.41, 5.74) is 0. The molecular formula is C14H18N2O8S2. The number of aliphatic hydroxyl groups excluding tert-OH is 1. The van der Waals surface area contributed by atoms with Gasteiger partial charge in [0.1, 0.15) is 0 Å². The first-order valence-electron chi connectivity index (χ1n) is 7.38. The van der Waals surface area contributed by atoms with Crippen LogP contribution in [0.5, 0.6) is 23.5 Å². The number of aromatic hydroxyl groups is 4. The lowest BCUT2D eigenvalue weighted by Gasteiger charge is -2.14. The zero-order valence-electron chi connectivity index (χ0n) is 13.4. The molecule has 1 atom stereocenters. The minimum absolute atomic E-state index is 0.0545. The molecule has 0 saturated carbocycles. The molecule has 0 aliphatic heterocycles. The number of rotatable bonds is 10. The molecule has 2 aromatic heterocycles. The molecule has 0 radical (unpaired) electrons. The average molecular weight is 406 g/mol. The van der Waals surface area contributed by atoms with Crippen LogP contribution in [0.4, 0.5) is 0 Å². The van der Waals surface area contributed by atoms with Crippen molar-refractivity contribution in [2.45, 2.75) is 19.1 Å². The monoisotopic (exact) mass is 406 g/mol. The number of hydrogen-bond acceptors (Lipinski definition) is 10. The Kier molecular flexibility index (Phi) is 7.24. The van der Waals surface area contributed by atoms with Crippen LogP contribution in [0.1, 0.15) is 12.8 Å². The molecule has 2 heterocycles. The van der Waals surface area contributed by atoms with E-state index in [1.165, 1.54) is 45.9 Å². The van der Waals surface area contributed by atoms with Crippen LogP contribution in [0.2, 0.25) is 0 Å². The highest BCUT2D eigenvalue weighted by molar-refractivity contribution is 8.76. The van der Waals surface area contributed by atoms with Crippen LogP contribution < -0.4 is 9.68 Å². The van der Waals surface area contributed by atoms with Gasteiger partial charge in [0, 0.05) is 42.2 Å². The van der Waals surface area contributed by atoms with Crippen LogP contribution in [0.3, 0.4) is 0 Å². The molecule has 0 aliphatic rings. The Morgan fingerprint density at radius 3 is 2.00 bits per heavy atom. The van der Waals surface area contributed by atoms with Gasteiger partial charge in [-0.1, -0.05) is 21.6 Å². The van der Waals surface area contributed by atoms with E-state index in [2.05, 4.69) is 0 Å². The summed E-state index contributed by atoms with van der Waals surface area (Å²) in [5, 5.41) is 47.2. The van der Waals surface area contributed by atoms with E-state index in [0.29, 0.717) is 21.0 Å². The van der Waals surface area contributed by atoms with Gasteiger partial charge < -0.3 is 35.2 Å². The van der Waals surface area contributed by atoms with E-state index in [1.807, 2.05) is 0 Å². The summed E-state index contributed by atoms with van der Waals surface area (Å²) in [7, 11) is 2.76. The van der Waals surface area contributed by atoms with Crippen LogP contribution in [0.15, 0.2) is 24.3 Å². The predicted octanol–water partition coefficient (Wildman–Crippen LogP) is 0.676. The standard InChI is InChI=1S/C14H18N2O8S2/c17-9-1-2-10(18)15(9)23-13(21)5-7-25-26-8-6-14(22)24-16-11(19)3-4-12(16)20/h1-4,13,17-21H,5-8H2. The van der Waals surface area contributed by atoms with Gasteiger partial charge in [0.05, 0.1) is 6.42 Å². The average Bonchev–Trinajstić information content (AvgIpc) is 3.08. The van der Waals surface area contributed by atoms with Gasteiger partial charge in [-0.05, 0) is 0 Å². The fraction of sp³-hybridized carbons (Fsp3) is 0.357. The number of hydrogen-bond donors (Lipinski definition) is 5. The molecule has 2 rings (SSSR count). The van der Waals surface area contributed by atoms with Crippen LogP contribution in [0, 0.1) is 0 Å². The van der Waals surface area contributed by atoms with Crippen molar-refractivity contribution in [2.75, 3.05) is 11.5 Å². The highest BCUT2D eigenvalue weighted by Gasteiger charge is 2.14. The van der Waals surface area contributed by atoms with Gasteiger partial charge in [0.25, 0.3) is 0 Å². The number of aromatic nitrogens is 2. The molecule has 0 aromatic carbocycles. The third-order valence-corrected chi connectivity index (χ3v) is 5.38. The van der Waals surface area contributed by atoms with Crippen LogP contribution in [-0.2, 0) is 4.79 Å². The molecule has 0 bridgehead atoms. The van der Waals surface area contributed by atoms with E-state index in [0.717, 1.165) is 0 Å². The van der Waals surface area contributed by atoms with Crippen molar-refractivity contribution in [2.24, 2.45) is 0 Å². The summed E-state index contributed by atoms with van der Waals surface area (Å²) in [4.78, 5) is 21.4. The normalized spacial score (nSPS) is 12.0. The zero-order valence-corrected chi connectivity index (χ0v) is 15.0. The minimum Gasteiger partial charge on any atom is -0.492 e. The smallest absolute Gasteiger partial charge is 0.334 e. The Balaban J connectivity index is 1.57. The summed E-state index contributed by atoms with van der Waals surface area (Å²) in [5.74, 6) is -1.14. The fourth-order valence-electron chi connectivity index (χ4n) is 1.72. The topological polar surface area (TPSA) is 147 Å². The van der Waals surface area contributed by atoms with Gasteiger partial charge in [-0.15, -0.1) is 9.46 Å². The summed E-state index contributed by atoms with van der Waals surface area (Å²) >= 11 is 0. The van der Waals surface area contributed by atoms with Gasteiger partial charge in [-0.3, -0.25) is 0 Å². The van der Waals surface area contributed by atoms with Gasteiger partial charge in [0.15, 0.2) is 0 Å². The summed E-state index contributed by atoms with van der Waals surface area (Å²) in [6, 6.07) is 4.82. The van der Waals surface area contributed by atoms with Crippen LogP contribution in [-0.4, -0.2) is 58.8 Å². The lowest BCUT2D eigenvalue weighted by molar-refractivity contribution is -0.144. The first-order chi connectivity index (χ1) is 12.4. The molecule has 12 heteroatoms. The Hall–Kier alpha value is -2.31. The lowest BCUT2D eigenvalue weighted by Crippen LogP contribution is -2.24. The molecule has 0 saturated heterocycles. The van der Waals surface area contributed by atoms with E-state index in [9.17, 15) is 30.3 Å². The van der Waals surface area contributed by atoms with Gasteiger partial charge >= 0.3 is 5.97 Å². The Labute approximate surface area is 155 Å². The second-order valence-corrected chi connectivity index (χ2v) is 7.60. The Morgan fingerprint density at radius 1 is 0.923 bits per heavy atom. The molecule has 2 aromatic rings. The van der Waals surface area contributed by atoms with Crippen molar-refractivity contribution < 1.29 is 40.0 Å². The zero-order chi connectivity index (χ0) is 19.1. The largest absolute Gasteiger partial charge is 0.492 e. The van der Waals surface area contributed by atoms with Crippen molar-refractivity contribution in [1.29, 1.82) is 0 Å². The molecule has 0 spiro atoms. The second kappa shape index (κ2) is 9.40. The molecule has 144 valence electrons. The highest BCUT2D eigenvalue weighted by Crippen LogP contribution is 2.25. The van der Waals surface area contributed by atoms with Crippen molar-refractivity contribution in [3.8, 4) is 23.5 Å². The van der Waals surface area contributed by atoms with Crippen molar-refractivity contribution >= 4 is 27.6 Å². The van der Waals surface area contributed by atoms with Crippen LogP contribution in [0.25, 0.3) is 0 Å². The molecule has 5 N–H and O–H groups in total. The van der Waals surface area contributed by atoms with Gasteiger partial charge in [0.2, 0.25) is 29.8 Å². The molecular weight excluding hydrogens is 388 g/mol. The third-order valence-electron chi connectivity index (χ3n) is 2.94. The molecule has 10 nitrogen and oxygen atoms in total. The summed E-state index contributed by atoms with van der Waals surface area (Å²) in [6.45, 7) is 0. The predicted molar refractivity (Wildman–Crippen MR) is 93.8 cm³/mol. The molecule has 1 unspecified atom stereocenters. The Morgan fingerprint density at radius 2 is 1.42 bits per heavy atom. The number of aliphatic hydroxyl groups is 1. The maximum Gasteiger partial charge on any atom is 0.334 e. The third kappa shape index (κ3) is 5.61. The van der Waals surface area contributed by atoms with E-state index < -0.39 is 12.3 Å². The SMILES string of the molecule is O=C(CCSSCCC(O)On1c(O)ccc1O)On1c(O)ccc1O. The maximum atomic E-state index is 11.6. The molecule has 0 aliphatic carbocycles. The Bertz CT molecular complexity index is 694. The second-order valence-electron chi connectivity index (χ2n) is 4.89. The number of nitrogens with zero attached hydrogens (tertiary/aromatic N) is 2. The van der Waals surface area contributed by atoms with E-state index in [1.54, 1.807) is 0 Å². The fourth-order valence-corrected chi connectivity index (χ4v) is 3.75. The van der Waals surface area contributed by atoms with Crippen molar-refractivity contribution in [1.82, 2.24) is 9.46 Å². The quantitative estimate of drug-likeness (QED) is 0.217. The highest BCUT2D eigenvalue weighted by atomic mass is 33.1. The lowest BCUT2D eigenvalue weighted by atomic mass is 10.5. The summed E-state index contributed by atoms with van der Waals surface area (Å²) < 4.78 is 1.34. The van der Waals surface area contributed by atoms with Gasteiger partial charge in [-0.25, -0.2) is 4.79 Å². The van der Waals surface area contributed by atoms with Crippen molar-refractivity contribution in [3.05, 3.63) is 24.3 Å². The van der Waals surface area contributed by atoms with Crippen molar-refractivity contribution in [3.63, 3.8) is 0 Å². The van der Waals surface area contributed by atoms with E-state index in [-0.39, 0.29) is 36.4 Å². The minimum atomic E-state index is -1.23. The van der Waals surface area contributed by atoms with E-state index in [4.69, 9.17) is 9.68 Å². The first-order valence-corrected chi connectivity index (χ1v) is 9.87. The van der Waals surface area contributed by atoms with Gasteiger partial charge in [-0.2, -0.15) is 0 Å². The molecule has 26 heavy (non-hydrogen) atoms. The molecule has 0 fully saturated rings. The van der Waals surface area contributed by atoms with Crippen LogP contribution >= 0.6 is 21.6 Å².